The van der Waals surface area contributed by atoms with Crippen LogP contribution in [0.3, 0.4) is 0 Å². The van der Waals surface area contributed by atoms with Crippen molar-refractivity contribution < 1.29 is 14.6 Å². The first kappa shape index (κ1) is 8.99. The minimum Gasteiger partial charge on any atom is -0.481 e. The van der Waals surface area contributed by atoms with Crippen LogP contribution in [0.1, 0.15) is 27.9 Å². The molecule has 4 heteroatoms. The predicted molar refractivity (Wildman–Crippen MR) is 49.8 cm³/mol. The highest BCUT2D eigenvalue weighted by molar-refractivity contribution is 5.89. The Bertz CT molecular complexity index is 387. The molecule has 0 aromatic carbocycles. The van der Waals surface area contributed by atoms with Crippen molar-refractivity contribution in [3.63, 3.8) is 0 Å². The van der Waals surface area contributed by atoms with E-state index in [1.54, 1.807) is 7.11 Å². The molecule has 0 amide bonds. The van der Waals surface area contributed by atoms with Crippen LogP contribution in [0.25, 0.3) is 0 Å². The van der Waals surface area contributed by atoms with Crippen LogP contribution in [0.15, 0.2) is 6.20 Å². The van der Waals surface area contributed by atoms with E-state index in [-0.39, 0.29) is 0 Å². The van der Waals surface area contributed by atoms with Gasteiger partial charge in [-0.15, -0.1) is 0 Å². The first-order chi connectivity index (χ1) is 6.74. The summed E-state index contributed by atoms with van der Waals surface area (Å²) >= 11 is 0. The molecule has 0 saturated carbocycles. The average Bonchev–Trinajstić information content (AvgIpc) is 2.64. The lowest BCUT2D eigenvalue weighted by Crippen LogP contribution is -2.05. The number of nitrogens with zero attached hydrogens (tertiary/aromatic N) is 1. The molecule has 0 atom stereocenters. The molecule has 0 saturated heterocycles. The summed E-state index contributed by atoms with van der Waals surface area (Å²) in [6.45, 7) is 0. The number of methoxy groups -OCH3 is 1. The SMILES string of the molecule is COc1ncc(C(=O)O)c2c1CCC2. The smallest absolute Gasteiger partial charge is 0.337 e. The van der Waals surface area contributed by atoms with Gasteiger partial charge in [-0.05, 0) is 24.8 Å². The second-order valence-electron chi connectivity index (χ2n) is 3.30. The van der Waals surface area contributed by atoms with Crippen LogP contribution in [0.5, 0.6) is 5.88 Å². The van der Waals surface area contributed by atoms with Crippen molar-refractivity contribution >= 4 is 5.97 Å². The molecule has 4 nitrogen and oxygen atoms in total. The van der Waals surface area contributed by atoms with Crippen molar-refractivity contribution in [3.05, 3.63) is 22.9 Å². The molecule has 0 fully saturated rings. The maximum atomic E-state index is 10.9. The van der Waals surface area contributed by atoms with E-state index in [0.29, 0.717) is 11.4 Å². The Balaban J connectivity index is 2.58. The van der Waals surface area contributed by atoms with Gasteiger partial charge in [-0.1, -0.05) is 0 Å². The van der Waals surface area contributed by atoms with E-state index in [1.807, 2.05) is 0 Å². The van der Waals surface area contributed by atoms with Gasteiger partial charge < -0.3 is 9.84 Å². The van der Waals surface area contributed by atoms with E-state index in [4.69, 9.17) is 9.84 Å². The molecule has 0 spiro atoms. The van der Waals surface area contributed by atoms with Crippen LogP contribution in [-0.4, -0.2) is 23.2 Å². The molecule has 1 aromatic heterocycles. The zero-order valence-electron chi connectivity index (χ0n) is 7.91. The molecule has 2 rings (SSSR count). The van der Waals surface area contributed by atoms with E-state index < -0.39 is 5.97 Å². The van der Waals surface area contributed by atoms with Crippen molar-refractivity contribution in [2.24, 2.45) is 0 Å². The largest absolute Gasteiger partial charge is 0.481 e. The first-order valence-electron chi connectivity index (χ1n) is 4.52. The molecule has 1 aliphatic carbocycles. The summed E-state index contributed by atoms with van der Waals surface area (Å²) in [5, 5.41) is 8.93. The summed E-state index contributed by atoms with van der Waals surface area (Å²) in [6.07, 6.45) is 4.05. The van der Waals surface area contributed by atoms with Crippen molar-refractivity contribution in [3.8, 4) is 5.88 Å². The first-order valence-corrected chi connectivity index (χ1v) is 4.52. The number of carbonyl (C=O) groups is 1. The lowest BCUT2D eigenvalue weighted by atomic mass is 10.1. The van der Waals surface area contributed by atoms with E-state index in [0.717, 1.165) is 30.4 Å². The Kier molecular flexibility index (Phi) is 2.11. The Morgan fingerprint density at radius 3 is 2.86 bits per heavy atom. The number of fused-ring (bicyclic) bond motifs is 1. The van der Waals surface area contributed by atoms with Gasteiger partial charge in [0.2, 0.25) is 5.88 Å². The molecule has 0 radical (unpaired) electrons. The highest BCUT2D eigenvalue weighted by Crippen LogP contribution is 2.31. The maximum Gasteiger partial charge on any atom is 0.337 e. The van der Waals surface area contributed by atoms with Crippen molar-refractivity contribution in [2.45, 2.75) is 19.3 Å². The highest BCUT2D eigenvalue weighted by atomic mass is 16.5. The second kappa shape index (κ2) is 3.29. The van der Waals surface area contributed by atoms with Crippen molar-refractivity contribution in [1.29, 1.82) is 0 Å². The van der Waals surface area contributed by atoms with Gasteiger partial charge in [0.25, 0.3) is 0 Å². The third kappa shape index (κ3) is 1.23. The van der Waals surface area contributed by atoms with Crippen LogP contribution >= 0.6 is 0 Å². The van der Waals surface area contributed by atoms with Crippen LogP contribution in [0.4, 0.5) is 0 Å². The van der Waals surface area contributed by atoms with Crippen LogP contribution in [-0.2, 0) is 12.8 Å². The van der Waals surface area contributed by atoms with Crippen LogP contribution in [0, 0.1) is 0 Å². The van der Waals surface area contributed by atoms with E-state index >= 15 is 0 Å². The molecule has 1 heterocycles. The maximum absolute atomic E-state index is 10.9. The van der Waals surface area contributed by atoms with Crippen molar-refractivity contribution in [1.82, 2.24) is 4.98 Å². The molecular formula is C10H11NO3. The molecule has 1 N–H and O–H groups in total. The number of aromatic nitrogens is 1. The molecule has 0 bridgehead atoms. The zero-order valence-corrected chi connectivity index (χ0v) is 7.91. The Morgan fingerprint density at radius 1 is 1.50 bits per heavy atom. The number of carboxylic acid groups (broad SMARTS) is 1. The third-order valence-electron chi connectivity index (χ3n) is 2.54. The van der Waals surface area contributed by atoms with Gasteiger partial charge in [-0.2, -0.15) is 0 Å². The third-order valence-corrected chi connectivity index (χ3v) is 2.54. The quantitative estimate of drug-likeness (QED) is 0.768. The average molecular weight is 193 g/mol. The second-order valence-corrected chi connectivity index (χ2v) is 3.30. The molecular weight excluding hydrogens is 182 g/mol. The Hall–Kier alpha value is -1.58. The highest BCUT2D eigenvalue weighted by Gasteiger charge is 2.23. The fourth-order valence-electron chi connectivity index (χ4n) is 1.92. The van der Waals surface area contributed by atoms with E-state index in [9.17, 15) is 4.79 Å². The predicted octanol–water partition coefficient (Wildman–Crippen LogP) is 1.28. The minimum atomic E-state index is -0.904. The summed E-state index contributed by atoms with van der Waals surface area (Å²) in [6, 6.07) is 0. The van der Waals surface area contributed by atoms with Gasteiger partial charge in [-0.25, -0.2) is 9.78 Å². The molecule has 1 aromatic rings. The lowest BCUT2D eigenvalue weighted by molar-refractivity contribution is 0.0695. The summed E-state index contributed by atoms with van der Waals surface area (Å²) in [5.74, 6) is -0.333. The number of aromatic carboxylic acids is 1. The van der Waals surface area contributed by atoms with E-state index in [2.05, 4.69) is 4.98 Å². The van der Waals surface area contributed by atoms with E-state index in [1.165, 1.54) is 6.20 Å². The molecule has 1 aliphatic rings. The summed E-state index contributed by atoms with van der Waals surface area (Å²) in [7, 11) is 1.56. The van der Waals surface area contributed by atoms with Gasteiger partial charge in [0.1, 0.15) is 0 Å². The van der Waals surface area contributed by atoms with Gasteiger partial charge in [0.05, 0.1) is 12.7 Å². The minimum absolute atomic E-state index is 0.318. The van der Waals surface area contributed by atoms with Crippen molar-refractivity contribution in [2.75, 3.05) is 7.11 Å². The summed E-state index contributed by atoms with van der Waals surface area (Å²) in [5.41, 5.74) is 2.18. The van der Waals surface area contributed by atoms with Gasteiger partial charge in [-0.3, -0.25) is 0 Å². The lowest BCUT2D eigenvalue weighted by Gasteiger charge is -2.07. The monoisotopic (exact) mass is 193 g/mol. The number of hydrogen-bond acceptors (Lipinski definition) is 3. The number of pyridine rings is 1. The van der Waals surface area contributed by atoms with Gasteiger partial charge >= 0.3 is 5.97 Å². The fraction of sp³-hybridized carbons (Fsp3) is 0.400. The normalized spacial score (nSPS) is 13.8. The van der Waals surface area contributed by atoms with Gasteiger partial charge in [0.15, 0.2) is 0 Å². The number of hydrogen-bond donors (Lipinski definition) is 1. The summed E-state index contributed by atoms with van der Waals surface area (Å²) in [4.78, 5) is 14.9. The molecule has 0 aliphatic heterocycles. The molecule has 74 valence electrons. The zero-order chi connectivity index (χ0) is 10.1. The van der Waals surface area contributed by atoms with Crippen LogP contribution in [0.2, 0.25) is 0 Å². The fourth-order valence-corrected chi connectivity index (χ4v) is 1.92. The standard InChI is InChI=1S/C10H11NO3/c1-14-9-7-4-2-3-6(7)8(5-11-9)10(12)13/h5H,2-4H2,1H3,(H,12,13). The number of rotatable bonds is 2. The molecule has 14 heavy (non-hydrogen) atoms. The summed E-state index contributed by atoms with van der Waals surface area (Å²) < 4.78 is 5.09. The number of ether oxygens (including phenoxy) is 1. The number of carboxylic acids is 1. The Labute approximate surface area is 81.5 Å². The molecule has 0 unspecified atom stereocenters. The Morgan fingerprint density at radius 2 is 2.21 bits per heavy atom. The van der Waals surface area contributed by atoms with Gasteiger partial charge in [0, 0.05) is 11.8 Å². The van der Waals surface area contributed by atoms with Crippen LogP contribution < -0.4 is 4.74 Å². The topological polar surface area (TPSA) is 59.4 Å².